The van der Waals surface area contributed by atoms with Crippen LogP contribution in [-0.4, -0.2) is 43.6 Å². The first-order valence-corrected chi connectivity index (χ1v) is 14.2. The number of anilines is 2. The Morgan fingerprint density at radius 2 is 1.69 bits per heavy atom. The molecule has 1 aliphatic carbocycles. The number of fused-ring (bicyclic) bond motifs is 1. The first-order valence-electron chi connectivity index (χ1n) is 13.1. The Balaban J connectivity index is 1.55. The number of carbonyl (C=O) groups excluding carboxylic acids is 2. The molecule has 6 rings (SSSR count). The maximum Gasteiger partial charge on any atom is 0.326 e. The monoisotopic (exact) mass is 583 g/mol. The van der Waals surface area contributed by atoms with Crippen LogP contribution in [-0.2, 0) is 16.1 Å². The number of hydrogen-bond acceptors (Lipinski definition) is 4. The summed E-state index contributed by atoms with van der Waals surface area (Å²) in [7, 11) is 1.44. The van der Waals surface area contributed by atoms with E-state index in [1.807, 2.05) is 30.3 Å². The lowest BCUT2D eigenvalue weighted by atomic mass is 9.84. The van der Waals surface area contributed by atoms with Gasteiger partial charge in [-0.15, -0.1) is 0 Å². The van der Waals surface area contributed by atoms with Gasteiger partial charge in [-0.05, 0) is 54.2 Å². The number of amides is 2. The van der Waals surface area contributed by atoms with E-state index < -0.39 is 0 Å². The predicted molar refractivity (Wildman–Crippen MR) is 155 cm³/mol. The maximum absolute atomic E-state index is 13.4. The van der Waals surface area contributed by atoms with Gasteiger partial charge in [0.05, 0.1) is 34.4 Å². The topological polar surface area (TPSA) is 61.9 Å². The molecule has 3 aromatic rings. The number of carbonyl (C=O) groups is 2. The van der Waals surface area contributed by atoms with E-state index in [4.69, 9.17) is 39.5 Å². The van der Waals surface area contributed by atoms with Gasteiger partial charge in [-0.25, -0.2) is 4.79 Å². The van der Waals surface area contributed by atoms with Gasteiger partial charge in [0, 0.05) is 48.2 Å². The van der Waals surface area contributed by atoms with Crippen molar-refractivity contribution in [2.24, 2.45) is 11.8 Å². The van der Waals surface area contributed by atoms with Gasteiger partial charge in [0.2, 0.25) is 0 Å². The van der Waals surface area contributed by atoms with Crippen LogP contribution < -0.4 is 10.2 Å². The highest BCUT2D eigenvalue weighted by Crippen LogP contribution is 2.47. The lowest BCUT2D eigenvalue weighted by Crippen LogP contribution is -2.42. The third-order valence-corrected chi connectivity index (χ3v) is 8.91. The van der Waals surface area contributed by atoms with Crippen LogP contribution in [0.25, 0.3) is 11.1 Å². The van der Waals surface area contributed by atoms with E-state index in [2.05, 4.69) is 16.3 Å². The lowest BCUT2D eigenvalue weighted by molar-refractivity contribution is -0.145. The molecule has 39 heavy (non-hydrogen) atoms. The number of urea groups is 1. The fourth-order valence-electron chi connectivity index (χ4n) is 5.90. The summed E-state index contributed by atoms with van der Waals surface area (Å²) in [5.41, 5.74) is 4.66. The molecule has 3 aromatic carbocycles. The quantitative estimate of drug-likeness (QED) is 0.310. The van der Waals surface area contributed by atoms with Crippen molar-refractivity contribution < 1.29 is 14.3 Å². The van der Waals surface area contributed by atoms with Crippen LogP contribution in [0.5, 0.6) is 0 Å². The van der Waals surface area contributed by atoms with E-state index in [1.165, 1.54) is 24.9 Å². The summed E-state index contributed by atoms with van der Waals surface area (Å²) in [4.78, 5) is 30.3. The van der Waals surface area contributed by atoms with Crippen molar-refractivity contribution in [3.8, 4) is 11.1 Å². The maximum atomic E-state index is 13.4. The van der Waals surface area contributed by atoms with Crippen LogP contribution in [0, 0.1) is 11.8 Å². The lowest BCUT2D eigenvalue weighted by Gasteiger charge is -2.34. The molecular weight excluding hydrogens is 557 g/mol. The van der Waals surface area contributed by atoms with Crippen molar-refractivity contribution in [1.82, 2.24) is 10.2 Å². The molecular formula is C30H28Cl3N3O3. The molecule has 2 atom stereocenters. The van der Waals surface area contributed by atoms with Crippen LogP contribution in [0.1, 0.15) is 29.9 Å². The summed E-state index contributed by atoms with van der Waals surface area (Å²) in [6.45, 7) is 2.67. The molecule has 3 aliphatic rings. The van der Waals surface area contributed by atoms with Gasteiger partial charge in [0.15, 0.2) is 0 Å². The molecule has 0 bridgehead atoms. The van der Waals surface area contributed by atoms with Gasteiger partial charge in [-0.2, -0.15) is 0 Å². The van der Waals surface area contributed by atoms with Crippen molar-refractivity contribution in [2.75, 3.05) is 31.6 Å². The average molecular weight is 585 g/mol. The summed E-state index contributed by atoms with van der Waals surface area (Å²) in [6.07, 6.45) is 2.48. The minimum atomic E-state index is -0.328. The number of esters is 1. The molecule has 1 N–H and O–H groups in total. The summed E-state index contributed by atoms with van der Waals surface area (Å²) >= 11 is 19.9. The fraction of sp³-hybridized carbons (Fsp3) is 0.333. The fourth-order valence-corrected chi connectivity index (χ4v) is 6.71. The molecule has 0 radical (unpaired) electrons. The minimum Gasteiger partial charge on any atom is -0.469 e. The molecule has 2 aliphatic heterocycles. The Bertz CT molecular complexity index is 1440. The number of hydrogen-bond donors (Lipinski definition) is 1. The Morgan fingerprint density at radius 3 is 2.38 bits per heavy atom. The number of para-hydroxylation sites is 1. The van der Waals surface area contributed by atoms with Gasteiger partial charge >= 0.3 is 12.0 Å². The highest BCUT2D eigenvalue weighted by atomic mass is 35.5. The van der Waals surface area contributed by atoms with Gasteiger partial charge < -0.3 is 15.0 Å². The molecule has 2 fully saturated rings. The van der Waals surface area contributed by atoms with Gasteiger partial charge in [0.1, 0.15) is 0 Å². The van der Waals surface area contributed by atoms with E-state index in [-0.39, 0.29) is 23.8 Å². The first kappa shape index (κ1) is 26.5. The molecule has 2 heterocycles. The summed E-state index contributed by atoms with van der Waals surface area (Å²) in [5, 5.41) is 4.30. The summed E-state index contributed by atoms with van der Waals surface area (Å²) in [5.74, 6) is 0.0434. The smallest absolute Gasteiger partial charge is 0.326 e. The Kier molecular flexibility index (Phi) is 7.23. The van der Waals surface area contributed by atoms with Crippen molar-refractivity contribution in [3.05, 3.63) is 80.8 Å². The predicted octanol–water partition coefficient (Wildman–Crippen LogP) is 7.27. The van der Waals surface area contributed by atoms with Crippen LogP contribution in [0.4, 0.5) is 16.2 Å². The van der Waals surface area contributed by atoms with Crippen LogP contribution >= 0.6 is 34.8 Å². The van der Waals surface area contributed by atoms with Gasteiger partial charge in [-0.1, -0.05) is 65.1 Å². The number of ether oxygens (including phenoxy) is 1. The average Bonchev–Trinajstić information content (AvgIpc) is 3.64. The number of methoxy groups -OCH3 is 1. The molecule has 0 spiro atoms. The number of nitrogens with zero attached hydrogens (tertiary/aromatic N) is 2. The second-order valence-electron chi connectivity index (χ2n) is 10.5. The minimum absolute atomic E-state index is 0.115. The third kappa shape index (κ3) is 5.00. The zero-order valence-corrected chi connectivity index (χ0v) is 23.7. The molecule has 1 saturated carbocycles. The van der Waals surface area contributed by atoms with Crippen LogP contribution in [0.3, 0.4) is 0 Å². The molecule has 2 unspecified atom stereocenters. The molecule has 0 aromatic heterocycles. The highest BCUT2D eigenvalue weighted by Gasteiger charge is 2.42. The largest absolute Gasteiger partial charge is 0.469 e. The highest BCUT2D eigenvalue weighted by molar-refractivity contribution is 6.40. The molecule has 6 nitrogen and oxygen atoms in total. The summed E-state index contributed by atoms with van der Waals surface area (Å²) < 4.78 is 5.24. The number of benzene rings is 3. The Hall–Kier alpha value is -2.77. The normalized spacial score (nSPS) is 21.0. The second kappa shape index (κ2) is 10.7. The van der Waals surface area contributed by atoms with E-state index in [0.717, 1.165) is 35.3 Å². The molecule has 202 valence electrons. The standard InChI is InChI=1S/C30H28Cl3N3O3/c1-39-29(37)23-16-35(14-17-9-10-17)15-22(23)18-11-20(19-5-2-3-6-24(19)31)21-13-34-30(38)36(27(21)12-18)28-25(32)7-4-8-26(28)33/h2-8,11-12,17,22-23H,9-10,13-16H2,1H3,(H,34,38). The van der Waals surface area contributed by atoms with Crippen molar-refractivity contribution in [1.29, 1.82) is 0 Å². The number of halogens is 3. The molecule has 9 heteroatoms. The number of nitrogens with one attached hydrogen (secondary N) is 1. The van der Waals surface area contributed by atoms with Gasteiger partial charge in [-0.3, -0.25) is 9.69 Å². The summed E-state index contributed by atoms with van der Waals surface area (Å²) in [6, 6.07) is 16.6. The van der Waals surface area contributed by atoms with E-state index in [0.29, 0.717) is 45.5 Å². The molecule has 2 amide bonds. The van der Waals surface area contributed by atoms with Crippen LogP contribution in [0.2, 0.25) is 15.1 Å². The van der Waals surface area contributed by atoms with E-state index in [1.54, 1.807) is 18.2 Å². The zero-order chi connectivity index (χ0) is 27.3. The SMILES string of the molecule is COC(=O)C1CN(CC2CC2)CC1c1cc(-c2ccccc2Cl)c2c(c1)N(c1c(Cl)cccc1Cl)C(=O)NC2. The van der Waals surface area contributed by atoms with Crippen molar-refractivity contribution >= 4 is 58.2 Å². The zero-order valence-electron chi connectivity index (χ0n) is 21.4. The number of likely N-dealkylation sites (tertiary alicyclic amines) is 1. The molecule has 1 saturated heterocycles. The van der Waals surface area contributed by atoms with E-state index in [9.17, 15) is 9.59 Å². The van der Waals surface area contributed by atoms with Gasteiger partial charge in [0.25, 0.3) is 0 Å². The van der Waals surface area contributed by atoms with Crippen LogP contribution in [0.15, 0.2) is 54.6 Å². The Labute approximate surface area is 242 Å². The van der Waals surface area contributed by atoms with Crippen molar-refractivity contribution in [2.45, 2.75) is 25.3 Å². The second-order valence-corrected chi connectivity index (χ2v) is 11.7. The van der Waals surface area contributed by atoms with E-state index >= 15 is 0 Å². The third-order valence-electron chi connectivity index (χ3n) is 7.98. The number of rotatable bonds is 6. The van der Waals surface area contributed by atoms with Crippen molar-refractivity contribution in [3.63, 3.8) is 0 Å². The Morgan fingerprint density at radius 1 is 0.974 bits per heavy atom. The first-order chi connectivity index (χ1) is 18.9.